The maximum atomic E-state index is 12.6. The summed E-state index contributed by atoms with van der Waals surface area (Å²) in [5, 5.41) is 4.68. The second kappa shape index (κ2) is 8.71. The van der Waals surface area contributed by atoms with E-state index in [0.717, 1.165) is 4.88 Å². The molecule has 0 unspecified atom stereocenters. The van der Waals surface area contributed by atoms with Crippen LogP contribution < -0.4 is 5.32 Å². The van der Waals surface area contributed by atoms with Gasteiger partial charge >= 0.3 is 0 Å². The lowest BCUT2D eigenvalue weighted by molar-refractivity contribution is 0.150. The third-order valence-corrected chi connectivity index (χ3v) is 5.67. The molecule has 20 heavy (non-hydrogen) atoms. The van der Waals surface area contributed by atoms with Crippen LogP contribution in [-0.4, -0.2) is 60.3 Å². The molecule has 0 saturated carbocycles. The monoisotopic (exact) mass is 322 g/mol. The second-order valence-corrected chi connectivity index (χ2v) is 7.10. The van der Waals surface area contributed by atoms with Crippen molar-refractivity contribution < 1.29 is 17.9 Å². The summed E-state index contributed by atoms with van der Waals surface area (Å²) in [5.74, 6) is 0. The topological polar surface area (TPSA) is 67.9 Å². The van der Waals surface area contributed by atoms with Crippen LogP contribution in [-0.2, 0) is 26.0 Å². The summed E-state index contributed by atoms with van der Waals surface area (Å²) in [6.07, 6.45) is 0. The van der Waals surface area contributed by atoms with E-state index in [9.17, 15) is 8.42 Å². The minimum absolute atomic E-state index is 0.319. The molecular weight excluding hydrogens is 300 g/mol. The van der Waals surface area contributed by atoms with E-state index < -0.39 is 10.0 Å². The Bertz CT molecular complexity index is 479. The van der Waals surface area contributed by atoms with Gasteiger partial charge < -0.3 is 14.8 Å². The molecule has 0 aliphatic rings. The van der Waals surface area contributed by atoms with Crippen LogP contribution >= 0.6 is 11.3 Å². The Balaban J connectivity index is 2.88. The number of thiophene rings is 1. The van der Waals surface area contributed by atoms with Crippen LogP contribution in [0.1, 0.15) is 4.88 Å². The van der Waals surface area contributed by atoms with Crippen LogP contribution in [0.5, 0.6) is 0 Å². The number of rotatable bonds is 10. The van der Waals surface area contributed by atoms with E-state index in [1.54, 1.807) is 25.7 Å². The Morgan fingerprint density at radius 3 is 2.35 bits per heavy atom. The van der Waals surface area contributed by atoms with Crippen LogP contribution in [0.3, 0.4) is 0 Å². The average Bonchev–Trinajstić information content (AvgIpc) is 2.88. The number of sulfonamides is 1. The number of ether oxygens (including phenoxy) is 2. The van der Waals surface area contributed by atoms with Gasteiger partial charge in [-0.2, -0.15) is 4.31 Å². The standard InChI is InChI=1S/C12H22N2O4S2/c1-13-9-11-8-12(10-19-11)20(15,16)14(4-6-17-2)5-7-18-3/h8,10,13H,4-7,9H2,1-3H3. The van der Waals surface area contributed by atoms with Gasteiger partial charge in [0.05, 0.1) is 18.1 Å². The predicted octanol–water partition coefficient (Wildman–Crippen LogP) is 0.751. The van der Waals surface area contributed by atoms with Crippen molar-refractivity contribution in [2.75, 3.05) is 47.6 Å². The zero-order chi connectivity index (χ0) is 15.0. The van der Waals surface area contributed by atoms with E-state index in [2.05, 4.69) is 5.32 Å². The van der Waals surface area contributed by atoms with Crippen molar-refractivity contribution in [3.63, 3.8) is 0 Å². The van der Waals surface area contributed by atoms with Crippen LogP contribution in [0.2, 0.25) is 0 Å². The van der Waals surface area contributed by atoms with Gasteiger partial charge in [0.2, 0.25) is 10.0 Å². The van der Waals surface area contributed by atoms with Crippen molar-refractivity contribution in [2.45, 2.75) is 11.4 Å². The third-order valence-electron chi connectivity index (χ3n) is 2.71. The molecule has 6 nitrogen and oxygen atoms in total. The Hall–Kier alpha value is -0.510. The first-order valence-electron chi connectivity index (χ1n) is 6.26. The molecule has 8 heteroatoms. The van der Waals surface area contributed by atoms with Crippen LogP contribution in [0, 0.1) is 0 Å². The highest BCUT2D eigenvalue weighted by Crippen LogP contribution is 2.22. The van der Waals surface area contributed by atoms with Gasteiger partial charge in [-0.15, -0.1) is 11.3 Å². The summed E-state index contributed by atoms with van der Waals surface area (Å²) in [4.78, 5) is 1.32. The van der Waals surface area contributed by atoms with E-state index in [1.165, 1.54) is 15.6 Å². The van der Waals surface area contributed by atoms with E-state index in [0.29, 0.717) is 37.7 Å². The number of hydrogen-bond acceptors (Lipinski definition) is 6. The predicted molar refractivity (Wildman–Crippen MR) is 79.6 cm³/mol. The van der Waals surface area contributed by atoms with Crippen LogP contribution in [0.4, 0.5) is 0 Å². The molecular formula is C12H22N2O4S2. The molecule has 0 radical (unpaired) electrons. The van der Waals surface area contributed by atoms with Crippen molar-refractivity contribution in [3.05, 3.63) is 16.3 Å². The van der Waals surface area contributed by atoms with E-state index in [4.69, 9.17) is 9.47 Å². The zero-order valence-corrected chi connectivity index (χ0v) is 13.7. The fraction of sp³-hybridized carbons (Fsp3) is 0.667. The van der Waals surface area contributed by atoms with Gasteiger partial charge in [0.15, 0.2) is 0 Å². The molecule has 0 fully saturated rings. The van der Waals surface area contributed by atoms with Gasteiger partial charge in [0.25, 0.3) is 0 Å². The Kier molecular flexibility index (Phi) is 7.63. The summed E-state index contributed by atoms with van der Waals surface area (Å²) in [6.45, 7) is 2.02. The maximum absolute atomic E-state index is 12.6. The third kappa shape index (κ3) is 4.80. The average molecular weight is 322 g/mol. The summed E-state index contributed by atoms with van der Waals surface area (Å²) in [6, 6.07) is 1.71. The Morgan fingerprint density at radius 2 is 1.85 bits per heavy atom. The molecule has 116 valence electrons. The minimum atomic E-state index is -3.49. The first-order valence-corrected chi connectivity index (χ1v) is 8.58. The first-order chi connectivity index (χ1) is 9.56. The highest BCUT2D eigenvalue weighted by molar-refractivity contribution is 7.89. The lowest BCUT2D eigenvalue weighted by Gasteiger charge is -2.20. The minimum Gasteiger partial charge on any atom is -0.383 e. The molecule has 1 aromatic heterocycles. The molecule has 1 aromatic rings. The van der Waals surface area contributed by atoms with Gasteiger partial charge in [-0.25, -0.2) is 8.42 Å². The van der Waals surface area contributed by atoms with Gasteiger partial charge in [-0.1, -0.05) is 0 Å². The molecule has 0 amide bonds. The Labute approximate surface area is 124 Å². The van der Waals surface area contributed by atoms with Crippen LogP contribution in [0.15, 0.2) is 16.3 Å². The SMILES string of the molecule is CNCc1cc(S(=O)(=O)N(CCOC)CCOC)cs1. The van der Waals surface area contributed by atoms with Gasteiger partial charge in [-0.3, -0.25) is 0 Å². The summed E-state index contributed by atoms with van der Waals surface area (Å²) in [7, 11) is 1.45. The quantitative estimate of drug-likeness (QED) is 0.688. The zero-order valence-electron chi connectivity index (χ0n) is 12.1. The fourth-order valence-electron chi connectivity index (χ4n) is 1.65. The summed E-state index contributed by atoms with van der Waals surface area (Å²) < 4.78 is 36.5. The molecule has 0 saturated heterocycles. The van der Waals surface area contributed by atoms with Gasteiger partial charge in [0.1, 0.15) is 0 Å². The van der Waals surface area contributed by atoms with E-state index >= 15 is 0 Å². The lowest BCUT2D eigenvalue weighted by Crippen LogP contribution is -2.36. The van der Waals surface area contributed by atoms with Crippen LogP contribution in [0.25, 0.3) is 0 Å². The maximum Gasteiger partial charge on any atom is 0.244 e. The highest BCUT2D eigenvalue weighted by Gasteiger charge is 2.25. The molecule has 0 bridgehead atoms. The molecule has 0 aliphatic heterocycles. The number of methoxy groups -OCH3 is 2. The van der Waals surface area contributed by atoms with Crippen molar-refractivity contribution in [3.8, 4) is 0 Å². The Morgan fingerprint density at radius 1 is 1.25 bits per heavy atom. The number of nitrogens with one attached hydrogen (secondary N) is 1. The second-order valence-electron chi connectivity index (χ2n) is 4.17. The largest absolute Gasteiger partial charge is 0.383 e. The van der Waals surface area contributed by atoms with Crippen molar-refractivity contribution >= 4 is 21.4 Å². The van der Waals surface area contributed by atoms with Gasteiger partial charge in [-0.05, 0) is 13.1 Å². The molecule has 1 heterocycles. The molecule has 1 rings (SSSR count). The van der Waals surface area contributed by atoms with Crippen molar-refractivity contribution in [1.29, 1.82) is 0 Å². The normalized spacial score (nSPS) is 12.2. The number of nitrogens with zero attached hydrogens (tertiary/aromatic N) is 1. The number of hydrogen-bond donors (Lipinski definition) is 1. The highest BCUT2D eigenvalue weighted by atomic mass is 32.2. The smallest absolute Gasteiger partial charge is 0.244 e. The summed E-state index contributed by atoms with van der Waals surface area (Å²) in [5.41, 5.74) is 0. The first kappa shape index (κ1) is 17.5. The van der Waals surface area contributed by atoms with Crippen molar-refractivity contribution in [1.82, 2.24) is 9.62 Å². The molecule has 1 N–H and O–H groups in total. The molecule has 0 aliphatic carbocycles. The molecule has 0 atom stereocenters. The van der Waals surface area contributed by atoms with E-state index in [-0.39, 0.29) is 0 Å². The molecule has 0 spiro atoms. The van der Waals surface area contributed by atoms with Crippen molar-refractivity contribution in [2.24, 2.45) is 0 Å². The van der Waals surface area contributed by atoms with E-state index in [1.807, 2.05) is 7.05 Å². The van der Waals surface area contributed by atoms with Gasteiger partial charge in [0, 0.05) is 44.1 Å². The lowest BCUT2D eigenvalue weighted by atomic mass is 10.5. The fourth-order valence-corrected chi connectivity index (χ4v) is 4.33. The molecule has 0 aromatic carbocycles. The summed E-state index contributed by atoms with van der Waals surface area (Å²) >= 11 is 1.44.